The van der Waals surface area contributed by atoms with Gasteiger partial charge in [0.2, 0.25) is 0 Å². The summed E-state index contributed by atoms with van der Waals surface area (Å²) >= 11 is 1.61. The molecule has 24 heavy (non-hydrogen) atoms. The zero-order valence-electron chi connectivity index (χ0n) is 13.7. The Balaban J connectivity index is 1.77. The number of carbonyl (C=O) groups excluding carboxylic acids is 1. The monoisotopic (exact) mass is 347 g/mol. The van der Waals surface area contributed by atoms with Gasteiger partial charge in [0.25, 0.3) is 5.91 Å². The Bertz CT molecular complexity index is 720. The fraction of sp³-hybridized carbons (Fsp3) is 0.421. The number of benzene rings is 1. The van der Waals surface area contributed by atoms with E-state index in [2.05, 4.69) is 11.4 Å². The van der Waals surface area contributed by atoms with Crippen LogP contribution in [0.2, 0.25) is 0 Å². The molecule has 0 spiro atoms. The van der Waals surface area contributed by atoms with Gasteiger partial charge >= 0.3 is 0 Å². The van der Waals surface area contributed by atoms with Crippen molar-refractivity contribution in [2.45, 2.75) is 44.1 Å². The average Bonchev–Trinajstić information content (AvgIpc) is 3.23. The van der Waals surface area contributed by atoms with E-state index < -0.39 is 11.9 Å². The van der Waals surface area contributed by atoms with Gasteiger partial charge < -0.3 is 10.4 Å². The summed E-state index contributed by atoms with van der Waals surface area (Å²) in [5.41, 5.74) is -0.0138. The lowest BCUT2D eigenvalue weighted by Crippen LogP contribution is -2.38. The van der Waals surface area contributed by atoms with Crippen LogP contribution in [0.15, 0.2) is 36.4 Å². The Kier molecular flexibility index (Phi) is 5.01. The molecule has 1 aromatic heterocycles. The van der Waals surface area contributed by atoms with Crippen LogP contribution in [0.3, 0.4) is 0 Å². The van der Waals surface area contributed by atoms with Gasteiger partial charge in [0.1, 0.15) is 5.82 Å². The molecule has 1 heterocycles. The van der Waals surface area contributed by atoms with Crippen LogP contribution in [0.25, 0.3) is 0 Å². The van der Waals surface area contributed by atoms with E-state index in [9.17, 15) is 14.3 Å². The van der Waals surface area contributed by atoms with Crippen LogP contribution >= 0.6 is 11.3 Å². The predicted molar refractivity (Wildman–Crippen MR) is 93.8 cm³/mol. The quantitative estimate of drug-likeness (QED) is 0.852. The molecule has 0 aliphatic heterocycles. The van der Waals surface area contributed by atoms with Crippen molar-refractivity contribution in [2.75, 3.05) is 6.54 Å². The van der Waals surface area contributed by atoms with Gasteiger partial charge in [0.05, 0.1) is 11.7 Å². The zero-order chi connectivity index (χ0) is 17.2. The maximum atomic E-state index is 13.8. The summed E-state index contributed by atoms with van der Waals surface area (Å²) in [5, 5.41) is 12.7. The van der Waals surface area contributed by atoms with Gasteiger partial charge in [-0.1, -0.05) is 25.0 Å². The normalized spacial score (nSPS) is 17.6. The molecule has 2 N–H and O–H groups in total. The number of nitrogens with one attached hydrogen (secondary N) is 1. The molecule has 1 amide bonds. The number of carbonyl (C=O) groups is 1. The second-order valence-corrected chi connectivity index (χ2v) is 7.64. The number of hydrogen-bond donors (Lipinski definition) is 2. The van der Waals surface area contributed by atoms with E-state index in [-0.39, 0.29) is 16.9 Å². The number of rotatable bonds is 5. The third-order valence-electron chi connectivity index (χ3n) is 4.83. The molecule has 5 heteroatoms. The highest BCUT2D eigenvalue weighted by Gasteiger charge is 2.37. The molecule has 2 aromatic rings. The molecule has 0 radical (unpaired) electrons. The van der Waals surface area contributed by atoms with Gasteiger partial charge in [-0.15, -0.1) is 11.3 Å². The van der Waals surface area contributed by atoms with Gasteiger partial charge in [-0.3, -0.25) is 4.79 Å². The van der Waals surface area contributed by atoms with Gasteiger partial charge in [-0.2, -0.15) is 0 Å². The number of thiophene rings is 1. The molecule has 1 atom stereocenters. The van der Waals surface area contributed by atoms with Crippen LogP contribution in [0.1, 0.15) is 58.8 Å². The second kappa shape index (κ2) is 7.03. The molecule has 1 aliphatic carbocycles. The Morgan fingerprint density at radius 2 is 2.00 bits per heavy atom. The van der Waals surface area contributed by atoms with Crippen LogP contribution < -0.4 is 5.32 Å². The van der Waals surface area contributed by atoms with Crippen LogP contribution in [0, 0.1) is 5.82 Å². The molecular weight excluding hydrogens is 325 g/mol. The minimum atomic E-state index is -0.497. The van der Waals surface area contributed by atoms with Crippen molar-refractivity contribution in [3.05, 3.63) is 57.5 Å². The molecule has 0 bridgehead atoms. The van der Waals surface area contributed by atoms with Crippen LogP contribution in [-0.2, 0) is 5.41 Å². The lowest BCUT2D eigenvalue weighted by molar-refractivity contribution is 0.0939. The molecule has 1 aliphatic rings. The maximum absolute atomic E-state index is 13.8. The molecule has 1 saturated carbocycles. The van der Waals surface area contributed by atoms with E-state index in [1.165, 1.54) is 17.0 Å². The van der Waals surface area contributed by atoms with Gasteiger partial charge in [-0.25, -0.2) is 4.39 Å². The van der Waals surface area contributed by atoms with E-state index >= 15 is 0 Å². The minimum Gasteiger partial charge on any atom is -0.388 e. The molecule has 128 valence electrons. The molecule has 1 unspecified atom stereocenters. The summed E-state index contributed by atoms with van der Waals surface area (Å²) in [6, 6.07) is 10.1. The van der Waals surface area contributed by atoms with Crippen molar-refractivity contribution in [3.8, 4) is 0 Å². The van der Waals surface area contributed by atoms with Crippen molar-refractivity contribution in [2.24, 2.45) is 0 Å². The van der Waals surface area contributed by atoms with Gasteiger partial charge in [-0.05, 0) is 44.0 Å². The first-order valence-electron chi connectivity index (χ1n) is 8.33. The molecular formula is C19H22FNO2S. The van der Waals surface area contributed by atoms with E-state index in [1.807, 2.05) is 6.07 Å². The lowest BCUT2D eigenvalue weighted by Gasteiger charge is -2.28. The summed E-state index contributed by atoms with van der Waals surface area (Å²) in [6.45, 7) is 2.26. The lowest BCUT2D eigenvalue weighted by atomic mass is 9.84. The van der Waals surface area contributed by atoms with E-state index in [0.717, 1.165) is 30.6 Å². The van der Waals surface area contributed by atoms with Crippen molar-refractivity contribution in [1.29, 1.82) is 0 Å². The van der Waals surface area contributed by atoms with E-state index in [0.29, 0.717) is 6.54 Å². The number of halogens is 1. The highest BCUT2D eigenvalue weighted by Crippen LogP contribution is 2.44. The average molecular weight is 347 g/mol. The topological polar surface area (TPSA) is 49.3 Å². The molecule has 1 fully saturated rings. The Morgan fingerprint density at radius 1 is 1.29 bits per heavy atom. The van der Waals surface area contributed by atoms with Crippen molar-refractivity contribution in [1.82, 2.24) is 5.32 Å². The van der Waals surface area contributed by atoms with Crippen molar-refractivity contribution < 1.29 is 14.3 Å². The second-order valence-electron chi connectivity index (χ2n) is 6.53. The summed E-state index contributed by atoms with van der Waals surface area (Å²) in [6.07, 6.45) is 3.78. The number of aliphatic hydroxyl groups is 1. The zero-order valence-corrected chi connectivity index (χ0v) is 14.5. The summed E-state index contributed by atoms with van der Waals surface area (Å²) < 4.78 is 13.8. The minimum absolute atomic E-state index is 0.0847. The first-order valence-corrected chi connectivity index (χ1v) is 9.14. The number of hydrogen-bond acceptors (Lipinski definition) is 3. The standard InChI is InChI=1S/C19H22FNO2S/c1-13(22)16-8-9-17(24-16)19(10-4-5-11-19)12-21-18(23)14-6-2-3-7-15(14)20/h2-3,6-9,13,22H,4-5,10-12H2,1H3,(H,21,23). The van der Waals surface area contributed by atoms with Gasteiger partial charge in [0, 0.05) is 21.7 Å². The summed E-state index contributed by atoms with van der Waals surface area (Å²) in [4.78, 5) is 14.5. The van der Waals surface area contributed by atoms with Gasteiger partial charge in [0.15, 0.2) is 0 Å². The predicted octanol–water partition coefficient (Wildman–Crippen LogP) is 4.18. The third-order valence-corrected chi connectivity index (χ3v) is 6.33. The highest BCUT2D eigenvalue weighted by atomic mass is 32.1. The Hall–Kier alpha value is -1.72. The SMILES string of the molecule is CC(O)c1ccc(C2(CNC(=O)c3ccccc3F)CCCC2)s1. The van der Waals surface area contributed by atoms with Crippen LogP contribution in [0.5, 0.6) is 0 Å². The molecule has 1 aromatic carbocycles. The first-order chi connectivity index (χ1) is 11.5. The number of aliphatic hydroxyl groups excluding tert-OH is 1. The molecule has 3 nitrogen and oxygen atoms in total. The van der Waals surface area contributed by atoms with Crippen LogP contribution in [0.4, 0.5) is 4.39 Å². The Labute approximate surface area is 145 Å². The molecule has 3 rings (SSSR count). The Morgan fingerprint density at radius 3 is 2.62 bits per heavy atom. The van der Waals surface area contributed by atoms with Crippen LogP contribution in [-0.4, -0.2) is 17.6 Å². The van der Waals surface area contributed by atoms with Crippen molar-refractivity contribution in [3.63, 3.8) is 0 Å². The fourth-order valence-electron chi connectivity index (χ4n) is 3.41. The molecule has 0 saturated heterocycles. The third kappa shape index (κ3) is 3.37. The smallest absolute Gasteiger partial charge is 0.254 e. The first kappa shape index (κ1) is 17.1. The highest BCUT2D eigenvalue weighted by molar-refractivity contribution is 7.12. The van der Waals surface area contributed by atoms with E-state index in [1.54, 1.807) is 30.4 Å². The van der Waals surface area contributed by atoms with E-state index in [4.69, 9.17) is 0 Å². The van der Waals surface area contributed by atoms with Crippen molar-refractivity contribution >= 4 is 17.2 Å². The fourth-order valence-corrected chi connectivity index (χ4v) is 4.60. The summed E-state index contributed by atoms with van der Waals surface area (Å²) in [5.74, 6) is -0.866. The summed E-state index contributed by atoms with van der Waals surface area (Å²) in [7, 11) is 0. The number of amides is 1. The maximum Gasteiger partial charge on any atom is 0.254 e. The largest absolute Gasteiger partial charge is 0.388 e.